The highest BCUT2D eigenvalue weighted by Crippen LogP contribution is 2.36. The maximum Gasteiger partial charge on any atom is 0.410 e. The van der Waals surface area contributed by atoms with E-state index < -0.39 is 5.60 Å². The molecular formula is C15H28N2O3. The van der Waals surface area contributed by atoms with Gasteiger partial charge in [0.1, 0.15) is 5.60 Å². The van der Waals surface area contributed by atoms with Crippen LogP contribution in [0.15, 0.2) is 0 Å². The molecule has 2 fully saturated rings. The number of aliphatic hydroxyl groups is 1. The monoisotopic (exact) mass is 284 g/mol. The first kappa shape index (κ1) is 15.6. The molecule has 1 amide bonds. The second-order valence-corrected chi connectivity index (χ2v) is 7.20. The van der Waals surface area contributed by atoms with E-state index in [1.165, 1.54) is 0 Å². The molecule has 0 aromatic carbocycles. The van der Waals surface area contributed by atoms with Gasteiger partial charge in [0.15, 0.2) is 0 Å². The summed E-state index contributed by atoms with van der Waals surface area (Å²) >= 11 is 0. The molecule has 2 aliphatic rings. The lowest BCUT2D eigenvalue weighted by molar-refractivity contribution is 0.00425. The maximum absolute atomic E-state index is 12.3. The number of carbonyl (C=O) groups is 1. The number of nitrogens with zero attached hydrogens (tertiary/aromatic N) is 1. The average Bonchev–Trinajstić information content (AvgIpc) is 2.56. The Morgan fingerprint density at radius 1 is 1.35 bits per heavy atom. The highest BCUT2D eigenvalue weighted by atomic mass is 16.6. The number of rotatable bonds is 3. The van der Waals surface area contributed by atoms with Gasteiger partial charge in [-0.3, -0.25) is 0 Å². The zero-order valence-corrected chi connectivity index (χ0v) is 13.1. The standard InChI is InChI=1S/C15H28N2O3/c1-10(18)9-16-11-7-12-5-6-13(8-11)17(12)14(19)20-15(2,3)4/h10-13,16,18H,5-9H2,1-4H3. The number of carbonyl (C=O) groups excluding carboxylic acids is 1. The molecule has 2 bridgehead atoms. The van der Waals surface area contributed by atoms with Crippen LogP contribution in [0.2, 0.25) is 0 Å². The van der Waals surface area contributed by atoms with Crippen molar-refractivity contribution in [2.45, 2.75) is 83.2 Å². The molecule has 5 heteroatoms. The zero-order chi connectivity index (χ0) is 14.9. The van der Waals surface area contributed by atoms with Crippen LogP contribution in [0, 0.1) is 0 Å². The van der Waals surface area contributed by atoms with Gasteiger partial charge >= 0.3 is 6.09 Å². The van der Waals surface area contributed by atoms with Crippen LogP contribution in [0.5, 0.6) is 0 Å². The summed E-state index contributed by atoms with van der Waals surface area (Å²) in [5.74, 6) is 0. The highest BCUT2D eigenvalue weighted by molar-refractivity contribution is 5.69. The van der Waals surface area contributed by atoms with E-state index in [4.69, 9.17) is 4.74 Å². The fraction of sp³-hybridized carbons (Fsp3) is 0.933. The SMILES string of the molecule is CC(O)CNC1CC2CCC(C1)N2C(=O)OC(C)(C)C. The van der Waals surface area contributed by atoms with Gasteiger partial charge in [0.25, 0.3) is 0 Å². The number of aliphatic hydroxyl groups excluding tert-OH is 1. The first-order chi connectivity index (χ1) is 9.26. The van der Waals surface area contributed by atoms with E-state index >= 15 is 0 Å². The van der Waals surface area contributed by atoms with E-state index in [0.717, 1.165) is 25.7 Å². The summed E-state index contributed by atoms with van der Waals surface area (Å²) in [7, 11) is 0. The molecule has 3 unspecified atom stereocenters. The van der Waals surface area contributed by atoms with Crippen molar-refractivity contribution in [2.24, 2.45) is 0 Å². The van der Waals surface area contributed by atoms with Gasteiger partial charge in [-0.2, -0.15) is 0 Å². The number of amides is 1. The predicted octanol–water partition coefficient (Wildman–Crippen LogP) is 1.89. The minimum atomic E-state index is -0.433. The molecule has 20 heavy (non-hydrogen) atoms. The third-order valence-corrected chi connectivity index (χ3v) is 4.04. The Labute approximate surface area is 121 Å². The Balaban J connectivity index is 1.91. The van der Waals surface area contributed by atoms with Crippen molar-refractivity contribution < 1.29 is 14.6 Å². The molecule has 0 aliphatic carbocycles. The number of hydrogen-bond donors (Lipinski definition) is 2. The Bertz CT molecular complexity index is 338. The van der Waals surface area contributed by atoms with Gasteiger partial charge < -0.3 is 20.1 Å². The van der Waals surface area contributed by atoms with Crippen LogP contribution in [-0.4, -0.2) is 52.5 Å². The molecule has 0 aromatic rings. The number of fused-ring (bicyclic) bond motifs is 2. The summed E-state index contributed by atoms with van der Waals surface area (Å²) in [4.78, 5) is 14.2. The normalized spacial score (nSPS) is 31.2. The topological polar surface area (TPSA) is 61.8 Å². The summed E-state index contributed by atoms with van der Waals surface area (Å²) in [5, 5.41) is 12.8. The number of piperidine rings is 1. The Hall–Kier alpha value is -0.810. The molecule has 2 aliphatic heterocycles. The van der Waals surface area contributed by atoms with Gasteiger partial charge in [-0.15, -0.1) is 0 Å². The number of nitrogens with one attached hydrogen (secondary N) is 1. The van der Waals surface area contributed by atoms with Crippen LogP contribution in [0.3, 0.4) is 0 Å². The predicted molar refractivity (Wildman–Crippen MR) is 77.6 cm³/mol. The average molecular weight is 284 g/mol. The largest absolute Gasteiger partial charge is 0.444 e. The van der Waals surface area contributed by atoms with E-state index in [1.54, 1.807) is 6.92 Å². The molecule has 0 spiro atoms. The quantitative estimate of drug-likeness (QED) is 0.831. The van der Waals surface area contributed by atoms with E-state index in [0.29, 0.717) is 12.6 Å². The van der Waals surface area contributed by atoms with Crippen LogP contribution >= 0.6 is 0 Å². The van der Waals surface area contributed by atoms with Crippen molar-refractivity contribution in [3.63, 3.8) is 0 Å². The fourth-order valence-corrected chi connectivity index (χ4v) is 3.29. The highest BCUT2D eigenvalue weighted by Gasteiger charge is 2.44. The molecule has 2 saturated heterocycles. The molecule has 116 valence electrons. The van der Waals surface area contributed by atoms with Gasteiger partial charge in [0.05, 0.1) is 6.10 Å². The van der Waals surface area contributed by atoms with E-state index in [1.807, 2.05) is 25.7 Å². The number of hydrogen-bond acceptors (Lipinski definition) is 4. The van der Waals surface area contributed by atoms with Crippen molar-refractivity contribution >= 4 is 6.09 Å². The molecular weight excluding hydrogens is 256 g/mol. The first-order valence-electron chi connectivity index (χ1n) is 7.69. The van der Waals surface area contributed by atoms with E-state index in [2.05, 4.69) is 5.32 Å². The molecule has 2 heterocycles. The molecule has 2 rings (SSSR count). The summed E-state index contributed by atoms with van der Waals surface area (Å²) in [6, 6.07) is 0.978. The second-order valence-electron chi connectivity index (χ2n) is 7.20. The van der Waals surface area contributed by atoms with E-state index in [-0.39, 0.29) is 24.3 Å². The van der Waals surface area contributed by atoms with Crippen molar-refractivity contribution in [3.05, 3.63) is 0 Å². The van der Waals surface area contributed by atoms with Crippen molar-refractivity contribution in [1.29, 1.82) is 0 Å². The minimum Gasteiger partial charge on any atom is -0.444 e. The Kier molecular flexibility index (Phi) is 4.59. The molecule has 0 radical (unpaired) electrons. The Morgan fingerprint density at radius 2 is 1.90 bits per heavy atom. The van der Waals surface area contributed by atoms with Gasteiger partial charge in [-0.1, -0.05) is 0 Å². The van der Waals surface area contributed by atoms with Gasteiger partial charge in [0.2, 0.25) is 0 Å². The van der Waals surface area contributed by atoms with Crippen molar-refractivity contribution in [2.75, 3.05) is 6.54 Å². The molecule has 0 saturated carbocycles. The van der Waals surface area contributed by atoms with Crippen LogP contribution < -0.4 is 5.32 Å². The molecule has 0 aromatic heterocycles. The van der Waals surface area contributed by atoms with Crippen LogP contribution in [0.25, 0.3) is 0 Å². The third kappa shape index (κ3) is 3.85. The fourth-order valence-electron chi connectivity index (χ4n) is 3.29. The molecule has 2 N–H and O–H groups in total. The first-order valence-corrected chi connectivity index (χ1v) is 7.69. The second kappa shape index (κ2) is 5.90. The lowest BCUT2D eigenvalue weighted by Crippen LogP contribution is -2.53. The summed E-state index contributed by atoms with van der Waals surface area (Å²) < 4.78 is 5.52. The van der Waals surface area contributed by atoms with E-state index in [9.17, 15) is 9.90 Å². The Morgan fingerprint density at radius 3 is 2.35 bits per heavy atom. The minimum absolute atomic E-state index is 0.168. The lowest BCUT2D eigenvalue weighted by Gasteiger charge is -2.39. The molecule has 5 nitrogen and oxygen atoms in total. The van der Waals surface area contributed by atoms with Gasteiger partial charge in [-0.25, -0.2) is 4.79 Å². The smallest absolute Gasteiger partial charge is 0.410 e. The van der Waals surface area contributed by atoms with Crippen molar-refractivity contribution in [1.82, 2.24) is 10.2 Å². The summed E-state index contributed by atoms with van der Waals surface area (Å²) in [6.45, 7) is 8.13. The number of ether oxygens (including phenoxy) is 1. The third-order valence-electron chi connectivity index (χ3n) is 4.04. The summed E-state index contributed by atoms with van der Waals surface area (Å²) in [5.41, 5.74) is -0.433. The molecule has 3 atom stereocenters. The zero-order valence-electron chi connectivity index (χ0n) is 13.1. The lowest BCUT2D eigenvalue weighted by atomic mass is 9.97. The van der Waals surface area contributed by atoms with Crippen LogP contribution in [0.1, 0.15) is 53.4 Å². The van der Waals surface area contributed by atoms with Gasteiger partial charge in [-0.05, 0) is 53.4 Å². The van der Waals surface area contributed by atoms with Crippen molar-refractivity contribution in [3.8, 4) is 0 Å². The summed E-state index contributed by atoms with van der Waals surface area (Å²) in [6.07, 6.45) is 3.56. The van der Waals surface area contributed by atoms with Crippen LogP contribution in [0.4, 0.5) is 4.79 Å². The van der Waals surface area contributed by atoms with Gasteiger partial charge in [0, 0.05) is 24.7 Å². The maximum atomic E-state index is 12.3. The van der Waals surface area contributed by atoms with Crippen LogP contribution in [-0.2, 0) is 4.74 Å².